The standard InChI is InChI=1S/C29H29F2N5O4/c1-17-22(26-27(28(32)34-16-33-26)40-12-10-36(2)25(37)5-4-11-39-3)14-20(30)15-24(17)35-29(38)21-9-8-19(13-23(21)31)18-6-7-18/h8-9,13-16,18H,6-7,10-12H2,1-3H3,(H,35,38)(H2,32,33,34). The predicted molar refractivity (Wildman–Crippen MR) is 146 cm³/mol. The quantitative estimate of drug-likeness (QED) is 0.388. The Hall–Kier alpha value is -4.56. The van der Waals surface area contributed by atoms with Gasteiger partial charge in [-0.3, -0.25) is 9.59 Å². The molecule has 0 atom stereocenters. The van der Waals surface area contributed by atoms with Crippen molar-refractivity contribution in [3.63, 3.8) is 0 Å². The van der Waals surface area contributed by atoms with Crippen LogP contribution in [0.4, 0.5) is 20.3 Å². The van der Waals surface area contributed by atoms with Crippen LogP contribution in [-0.2, 0) is 9.53 Å². The van der Waals surface area contributed by atoms with Crippen molar-refractivity contribution in [1.82, 2.24) is 14.9 Å². The first-order valence-corrected chi connectivity index (χ1v) is 12.6. The number of nitrogen functional groups attached to an aromatic ring is 1. The molecule has 0 aliphatic heterocycles. The Kier molecular flexibility index (Phi) is 8.91. The van der Waals surface area contributed by atoms with E-state index in [2.05, 4.69) is 27.1 Å². The lowest BCUT2D eigenvalue weighted by Gasteiger charge is -2.18. The summed E-state index contributed by atoms with van der Waals surface area (Å²) in [4.78, 5) is 34.6. The number of nitrogens with two attached hydrogens (primary N) is 1. The number of amides is 2. The minimum atomic E-state index is -0.709. The minimum absolute atomic E-state index is 0.00550. The molecule has 40 heavy (non-hydrogen) atoms. The van der Waals surface area contributed by atoms with E-state index in [-0.39, 0.29) is 48.3 Å². The number of ether oxygens (including phenoxy) is 2. The number of carbonyl (C=O) groups excluding carboxylic acids is 2. The topological polar surface area (TPSA) is 120 Å². The maximum Gasteiger partial charge on any atom is 0.298 e. The molecule has 0 bridgehead atoms. The summed E-state index contributed by atoms with van der Waals surface area (Å²) in [6.07, 6.45) is 3.22. The van der Waals surface area contributed by atoms with Gasteiger partial charge in [0.25, 0.3) is 11.8 Å². The fourth-order valence-electron chi connectivity index (χ4n) is 4.02. The van der Waals surface area contributed by atoms with Crippen molar-refractivity contribution in [3.05, 3.63) is 65.0 Å². The fourth-order valence-corrected chi connectivity index (χ4v) is 4.02. The average molecular weight is 550 g/mol. The van der Waals surface area contributed by atoms with E-state index in [0.717, 1.165) is 24.5 Å². The molecule has 3 N–H and O–H groups in total. The van der Waals surface area contributed by atoms with Gasteiger partial charge in [-0.15, -0.1) is 0 Å². The second kappa shape index (κ2) is 12.5. The van der Waals surface area contributed by atoms with Gasteiger partial charge in [-0.05, 0) is 67.0 Å². The lowest BCUT2D eigenvalue weighted by molar-refractivity contribution is -0.124. The third kappa shape index (κ3) is 6.71. The summed E-state index contributed by atoms with van der Waals surface area (Å²) in [6.45, 7) is 1.98. The van der Waals surface area contributed by atoms with Crippen LogP contribution in [0.5, 0.6) is 5.75 Å². The van der Waals surface area contributed by atoms with Crippen molar-refractivity contribution in [1.29, 1.82) is 0 Å². The van der Waals surface area contributed by atoms with Gasteiger partial charge in [0.2, 0.25) is 0 Å². The smallest absolute Gasteiger partial charge is 0.298 e. The van der Waals surface area contributed by atoms with E-state index >= 15 is 0 Å². The zero-order valence-corrected chi connectivity index (χ0v) is 22.4. The molecular formula is C29H29F2N5O4. The van der Waals surface area contributed by atoms with Gasteiger partial charge in [0.1, 0.15) is 36.9 Å². The number of nitrogens with zero attached hydrogens (tertiary/aromatic N) is 3. The Morgan fingerprint density at radius 2 is 1.98 bits per heavy atom. The average Bonchev–Trinajstić information content (AvgIpc) is 3.77. The van der Waals surface area contributed by atoms with Crippen molar-refractivity contribution in [3.8, 4) is 28.8 Å². The summed E-state index contributed by atoms with van der Waals surface area (Å²) >= 11 is 0. The highest BCUT2D eigenvalue weighted by atomic mass is 19.1. The lowest BCUT2D eigenvalue weighted by Crippen LogP contribution is -2.30. The Labute approximate surface area is 230 Å². The molecular weight excluding hydrogens is 520 g/mol. The highest BCUT2D eigenvalue weighted by Gasteiger charge is 2.25. The predicted octanol–water partition coefficient (Wildman–Crippen LogP) is 3.93. The lowest BCUT2D eigenvalue weighted by atomic mass is 10.0. The largest absolute Gasteiger partial charge is 0.486 e. The molecule has 1 aromatic heterocycles. The summed E-state index contributed by atoms with van der Waals surface area (Å²) in [6, 6.07) is 6.93. The molecule has 1 aliphatic rings. The number of nitrogens with one attached hydrogen (secondary N) is 1. The van der Waals surface area contributed by atoms with Crippen LogP contribution in [-0.4, -0.2) is 60.6 Å². The van der Waals surface area contributed by atoms with Gasteiger partial charge in [0.15, 0.2) is 11.6 Å². The van der Waals surface area contributed by atoms with Crippen molar-refractivity contribution >= 4 is 23.3 Å². The number of rotatable bonds is 9. The van der Waals surface area contributed by atoms with E-state index in [1.807, 2.05) is 0 Å². The Morgan fingerprint density at radius 3 is 2.67 bits per heavy atom. The number of methoxy groups -OCH3 is 1. The monoisotopic (exact) mass is 549 g/mol. The molecule has 4 rings (SSSR count). The Balaban J connectivity index is 1.54. The molecule has 2 amide bonds. The third-order valence-electron chi connectivity index (χ3n) is 6.43. The zero-order valence-electron chi connectivity index (χ0n) is 22.4. The molecule has 3 aromatic rings. The normalized spacial score (nSPS) is 12.3. The maximum atomic E-state index is 14.8. The van der Waals surface area contributed by atoms with Crippen LogP contribution in [0, 0.1) is 30.4 Å². The second-order valence-corrected chi connectivity index (χ2v) is 9.34. The van der Waals surface area contributed by atoms with E-state index < -0.39 is 23.4 Å². The van der Waals surface area contributed by atoms with Crippen molar-refractivity contribution in [2.24, 2.45) is 0 Å². The number of benzene rings is 2. The van der Waals surface area contributed by atoms with Gasteiger partial charge in [0.05, 0.1) is 12.1 Å². The van der Waals surface area contributed by atoms with Crippen molar-refractivity contribution in [2.75, 3.05) is 45.0 Å². The van der Waals surface area contributed by atoms with E-state index in [0.29, 0.717) is 17.0 Å². The first-order valence-electron chi connectivity index (χ1n) is 12.6. The van der Waals surface area contributed by atoms with Crippen LogP contribution in [0.1, 0.15) is 40.2 Å². The Bertz CT molecular complexity index is 1500. The summed E-state index contributed by atoms with van der Waals surface area (Å²) in [7, 11) is 3.04. The van der Waals surface area contributed by atoms with Gasteiger partial charge in [-0.25, -0.2) is 18.7 Å². The van der Waals surface area contributed by atoms with Crippen LogP contribution in [0.3, 0.4) is 0 Å². The van der Waals surface area contributed by atoms with Gasteiger partial charge >= 0.3 is 0 Å². The molecule has 9 nitrogen and oxygen atoms in total. The molecule has 1 aliphatic carbocycles. The number of carbonyl (C=O) groups is 2. The van der Waals surface area contributed by atoms with E-state index in [1.165, 1.54) is 36.5 Å². The minimum Gasteiger partial charge on any atom is -0.486 e. The van der Waals surface area contributed by atoms with Crippen LogP contribution in [0.25, 0.3) is 11.3 Å². The van der Waals surface area contributed by atoms with Crippen molar-refractivity contribution in [2.45, 2.75) is 25.7 Å². The third-order valence-corrected chi connectivity index (χ3v) is 6.43. The molecule has 0 saturated heterocycles. The fraction of sp³-hybridized carbons (Fsp3) is 0.310. The van der Waals surface area contributed by atoms with Crippen LogP contribution < -0.4 is 15.8 Å². The SMILES string of the molecule is COCC#CC(=O)N(C)CCOc1c(N)ncnc1-c1cc(F)cc(NC(=O)c2ccc(C3CC3)cc2F)c1C. The van der Waals surface area contributed by atoms with Gasteiger partial charge < -0.3 is 25.4 Å². The zero-order chi connectivity index (χ0) is 28.8. The first-order chi connectivity index (χ1) is 19.2. The summed E-state index contributed by atoms with van der Waals surface area (Å²) < 4.78 is 40.1. The number of hydrogen-bond acceptors (Lipinski definition) is 7. The van der Waals surface area contributed by atoms with E-state index in [1.54, 1.807) is 20.0 Å². The van der Waals surface area contributed by atoms with Gasteiger partial charge in [0, 0.05) is 25.4 Å². The molecule has 0 radical (unpaired) electrons. The first kappa shape index (κ1) is 28.4. The van der Waals surface area contributed by atoms with Crippen molar-refractivity contribution < 1.29 is 27.8 Å². The maximum absolute atomic E-state index is 14.8. The molecule has 11 heteroatoms. The number of hydrogen-bond donors (Lipinski definition) is 2. The number of aromatic nitrogens is 2. The molecule has 2 aromatic carbocycles. The van der Waals surface area contributed by atoms with Crippen LogP contribution in [0.2, 0.25) is 0 Å². The van der Waals surface area contributed by atoms with E-state index in [9.17, 15) is 18.4 Å². The van der Waals surface area contributed by atoms with Crippen LogP contribution >= 0.6 is 0 Å². The van der Waals surface area contributed by atoms with Crippen LogP contribution in [0.15, 0.2) is 36.7 Å². The molecule has 0 unspecified atom stereocenters. The molecule has 208 valence electrons. The van der Waals surface area contributed by atoms with Gasteiger partial charge in [-0.2, -0.15) is 0 Å². The summed E-state index contributed by atoms with van der Waals surface area (Å²) in [5.74, 6) is 3.04. The van der Waals surface area contributed by atoms with E-state index in [4.69, 9.17) is 15.2 Å². The Morgan fingerprint density at radius 1 is 1.20 bits per heavy atom. The highest BCUT2D eigenvalue weighted by Crippen LogP contribution is 2.40. The summed E-state index contributed by atoms with van der Waals surface area (Å²) in [5.41, 5.74) is 7.84. The second-order valence-electron chi connectivity index (χ2n) is 9.34. The number of halogens is 2. The highest BCUT2D eigenvalue weighted by molar-refractivity contribution is 6.05. The molecule has 0 spiro atoms. The number of anilines is 2. The van der Waals surface area contributed by atoms with Gasteiger partial charge in [-0.1, -0.05) is 12.0 Å². The molecule has 1 heterocycles. The molecule has 1 fully saturated rings. The molecule has 1 saturated carbocycles. The summed E-state index contributed by atoms with van der Waals surface area (Å²) in [5, 5.41) is 2.61. The number of likely N-dealkylation sites (N-methyl/N-ethyl adjacent to an activating group) is 1.